The summed E-state index contributed by atoms with van der Waals surface area (Å²) in [5.41, 5.74) is -0.0477. The maximum absolute atomic E-state index is 5.84. The molecule has 0 aromatic rings. The van der Waals surface area contributed by atoms with E-state index in [-0.39, 0.29) is 5.73 Å². The lowest BCUT2D eigenvalue weighted by Crippen LogP contribution is -2.48. The maximum atomic E-state index is 5.84. The van der Waals surface area contributed by atoms with Crippen molar-refractivity contribution in [1.82, 2.24) is 0 Å². The van der Waals surface area contributed by atoms with E-state index in [0.717, 1.165) is 18.9 Å². The van der Waals surface area contributed by atoms with E-state index in [0.29, 0.717) is 13.2 Å². The first-order valence-corrected chi connectivity index (χ1v) is 8.38. The summed E-state index contributed by atoms with van der Waals surface area (Å²) < 4.78 is 17.4. The molecule has 0 aromatic heterocycles. The lowest BCUT2D eigenvalue weighted by atomic mass is 10.3. The van der Waals surface area contributed by atoms with Crippen LogP contribution in [0.15, 0.2) is 12.7 Å². The van der Waals surface area contributed by atoms with Gasteiger partial charge in [-0.1, -0.05) is 6.08 Å². The highest BCUT2D eigenvalue weighted by molar-refractivity contribution is 6.61. The molecule has 0 N–H and O–H groups in total. The molecule has 93 valence electrons. The molecule has 0 spiro atoms. The summed E-state index contributed by atoms with van der Waals surface area (Å²) in [7, 11) is 0.950. The number of unbranched alkanes of at least 4 members (excludes halogenated alkanes) is 1. The zero-order valence-corrected chi connectivity index (χ0v) is 12.6. The average Bonchev–Trinajstić information content (AvgIpc) is 2.17. The van der Waals surface area contributed by atoms with Crippen molar-refractivity contribution in [3.8, 4) is 0 Å². The van der Waals surface area contributed by atoms with Crippen LogP contribution in [0.1, 0.15) is 33.6 Å². The van der Waals surface area contributed by atoms with Crippen LogP contribution in [0.3, 0.4) is 0 Å². The van der Waals surface area contributed by atoms with Crippen LogP contribution >= 0.6 is 0 Å². The van der Waals surface area contributed by atoms with Crippen LogP contribution in [0.5, 0.6) is 0 Å². The molecule has 0 amide bonds. The third kappa shape index (κ3) is 6.60. The summed E-state index contributed by atoms with van der Waals surface area (Å²) in [5.74, 6) is 0. The molecule has 0 heterocycles. The van der Waals surface area contributed by atoms with Gasteiger partial charge in [0.25, 0.3) is 0 Å². The quantitative estimate of drug-likeness (QED) is 0.343. The Balaban J connectivity index is 4.42. The van der Waals surface area contributed by atoms with Gasteiger partial charge in [0.15, 0.2) is 0 Å². The molecular weight excluding hydrogens is 236 g/mol. The molecule has 0 aliphatic carbocycles. The summed E-state index contributed by atoms with van der Waals surface area (Å²) in [6.07, 6.45) is 3.87. The van der Waals surface area contributed by atoms with Crippen molar-refractivity contribution in [1.29, 1.82) is 0 Å². The maximum Gasteiger partial charge on any atom is 0.500 e. The van der Waals surface area contributed by atoms with E-state index in [1.54, 1.807) is 0 Å². The van der Waals surface area contributed by atoms with Crippen LogP contribution in [-0.4, -0.2) is 38.0 Å². The largest absolute Gasteiger partial charge is 0.500 e. The SMILES string of the molecule is C=CCCC[Si](OCC)(OCC)OC(C)[Si]. The van der Waals surface area contributed by atoms with Gasteiger partial charge < -0.3 is 13.3 Å². The van der Waals surface area contributed by atoms with Crippen LogP contribution in [0.25, 0.3) is 0 Å². The monoisotopic (exact) mass is 259 g/mol. The summed E-state index contributed by atoms with van der Waals surface area (Å²) in [6.45, 7) is 10.8. The number of allylic oxidation sites excluding steroid dienone is 1. The summed E-state index contributed by atoms with van der Waals surface area (Å²) >= 11 is 0. The van der Waals surface area contributed by atoms with Crippen molar-refractivity contribution >= 4 is 19.0 Å². The fraction of sp³-hybridized carbons (Fsp3) is 0.818. The fourth-order valence-electron chi connectivity index (χ4n) is 1.49. The molecule has 0 saturated heterocycles. The zero-order chi connectivity index (χ0) is 12.4. The zero-order valence-electron chi connectivity index (χ0n) is 10.6. The molecule has 0 aromatic carbocycles. The number of hydrogen-bond acceptors (Lipinski definition) is 3. The van der Waals surface area contributed by atoms with Crippen molar-refractivity contribution in [3.05, 3.63) is 12.7 Å². The Bertz CT molecular complexity index is 180. The highest BCUT2D eigenvalue weighted by Gasteiger charge is 2.40. The van der Waals surface area contributed by atoms with Gasteiger partial charge in [-0.25, -0.2) is 0 Å². The third-order valence-electron chi connectivity index (χ3n) is 1.98. The Hall–Kier alpha value is 0.0538. The minimum absolute atomic E-state index is 0.0477. The summed E-state index contributed by atoms with van der Waals surface area (Å²) in [5, 5.41) is 0. The minimum Gasteiger partial charge on any atom is -0.375 e. The molecule has 0 bridgehead atoms. The molecule has 0 aliphatic rings. The first-order valence-electron chi connectivity index (χ1n) is 5.88. The molecule has 0 rings (SSSR count). The smallest absolute Gasteiger partial charge is 0.375 e. The van der Waals surface area contributed by atoms with Gasteiger partial charge in [-0.05, 0) is 33.6 Å². The number of rotatable bonds is 10. The van der Waals surface area contributed by atoms with Gasteiger partial charge >= 0.3 is 8.80 Å². The fourth-order valence-corrected chi connectivity index (χ4v) is 4.71. The molecule has 3 radical (unpaired) electrons. The van der Waals surface area contributed by atoms with Gasteiger partial charge in [-0.3, -0.25) is 0 Å². The van der Waals surface area contributed by atoms with Crippen LogP contribution in [0.2, 0.25) is 6.04 Å². The second-order valence-electron chi connectivity index (χ2n) is 3.49. The summed E-state index contributed by atoms with van der Waals surface area (Å²) in [6, 6.07) is 0.843. The topological polar surface area (TPSA) is 27.7 Å². The van der Waals surface area contributed by atoms with Crippen LogP contribution in [0.4, 0.5) is 0 Å². The van der Waals surface area contributed by atoms with Gasteiger partial charge in [0.2, 0.25) is 0 Å². The average molecular weight is 259 g/mol. The van der Waals surface area contributed by atoms with E-state index in [2.05, 4.69) is 16.8 Å². The van der Waals surface area contributed by atoms with Crippen LogP contribution < -0.4 is 0 Å². The molecule has 1 unspecified atom stereocenters. The van der Waals surface area contributed by atoms with Crippen LogP contribution in [-0.2, 0) is 13.3 Å². The first kappa shape index (κ1) is 16.1. The van der Waals surface area contributed by atoms with Gasteiger partial charge in [0, 0.05) is 25.0 Å². The molecule has 16 heavy (non-hydrogen) atoms. The third-order valence-corrected chi connectivity index (χ3v) is 5.47. The van der Waals surface area contributed by atoms with Crippen molar-refractivity contribution in [2.75, 3.05) is 13.2 Å². The highest BCUT2D eigenvalue weighted by atomic mass is 28.4. The van der Waals surface area contributed by atoms with E-state index in [4.69, 9.17) is 13.3 Å². The Kier molecular flexibility index (Phi) is 9.15. The van der Waals surface area contributed by atoms with Gasteiger partial charge in [-0.2, -0.15) is 0 Å². The van der Waals surface area contributed by atoms with Crippen molar-refractivity contribution in [2.45, 2.75) is 45.4 Å². The Morgan fingerprint density at radius 1 is 1.31 bits per heavy atom. The lowest BCUT2D eigenvalue weighted by molar-refractivity contribution is 0.0604. The highest BCUT2D eigenvalue weighted by Crippen LogP contribution is 2.20. The molecular formula is C11H23O3Si2. The molecule has 3 nitrogen and oxygen atoms in total. The van der Waals surface area contributed by atoms with Crippen LogP contribution in [0, 0.1) is 0 Å². The first-order chi connectivity index (χ1) is 7.60. The van der Waals surface area contributed by atoms with E-state index in [9.17, 15) is 0 Å². The van der Waals surface area contributed by atoms with Crippen molar-refractivity contribution in [3.63, 3.8) is 0 Å². The normalized spacial score (nSPS) is 13.8. The van der Waals surface area contributed by atoms with E-state index in [1.807, 2.05) is 26.8 Å². The van der Waals surface area contributed by atoms with Crippen molar-refractivity contribution < 1.29 is 13.3 Å². The second-order valence-corrected chi connectivity index (χ2v) is 6.98. The Labute approximate surface area is 104 Å². The number of hydrogen-bond donors (Lipinski definition) is 0. The molecule has 0 fully saturated rings. The second kappa shape index (κ2) is 9.12. The van der Waals surface area contributed by atoms with Gasteiger partial charge in [0.1, 0.15) is 0 Å². The predicted octanol–water partition coefficient (Wildman–Crippen LogP) is 2.50. The molecule has 0 saturated carbocycles. The van der Waals surface area contributed by atoms with E-state index < -0.39 is 8.80 Å². The van der Waals surface area contributed by atoms with Crippen molar-refractivity contribution in [2.24, 2.45) is 0 Å². The predicted molar refractivity (Wildman–Crippen MR) is 69.5 cm³/mol. The van der Waals surface area contributed by atoms with E-state index in [1.165, 1.54) is 0 Å². The molecule has 1 atom stereocenters. The minimum atomic E-state index is -2.49. The summed E-state index contributed by atoms with van der Waals surface area (Å²) in [4.78, 5) is 0. The Morgan fingerprint density at radius 3 is 2.25 bits per heavy atom. The standard InChI is InChI=1S/C11H23O3Si2/c1-5-8-9-10-16(12-6-2,13-7-3)14-11(4)15/h5,11H,1,6-10H2,2-4H3. The van der Waals surface area contributed by atoms with Gasteiger partial charge in [0.05, 0.1) is 10.2 Å². The molecule has 0 aliphatic heterocycles. The van der Waals surface area contributed by atoms with E-state index >= 15 is 0 Å². The lowest BCUT2D eigenvalue weighted by Gasteiger charge is -2.30. The molecule has 5 heteroatoms. The Morgan fingerprint density at radius 2 is 1.88 bits per heavy atom. The van der Waals surface area contributed by atoms with Gasteiger partial charge in [-0.15, -0.1) is 6.58 Å².